The first-order chi connectivity index (χ1) is 22.5. The summed E-state index contributed by atoms with van der Waals surface area (Å²) < 4.78 is 2.30. The Morgan fingerprint density at radius 3 is 2.20 bits per heavy atom. The van der Waals surface area contributed by atoms with Crippen molar-refractivity contribution in [3.05, 3.63) is 139 Å². The van der Waals surface area contributed by atoms with Crippen LogP contribution >= 0.6 is 11.8 Å². The van der Waals surface area contributed by atoms with Gasteiger partial charge < -0.3 is 0 Å². The number of benzene rings is 5. The van der Waals surface area contributed by atoms with Gasteiger partial charge in [0.25, 0.3) is 0 Å². The van der Waals surface area contributed by atoms with Crippen LogP contribution < -0.4 is 10.1 Å². The first-order valence-electron chi connectivity index (χ1n) is 15.7. The van der Waals surface area contributed by atoms with Gasteiger partial charge >= 0.3 is 0 Å². The number of pyridine rings is 1. The van der Waals surface area contributed by atoms with Gasteiger partial charge in [0.05, 0.1) is 34.1 Å². The summed E-state index contributed by atoms with van der Waals surface area (Å²) in [7, 11) is 0. The minimum atomic E-state index is 0.207. The lowest BCUT2D eigenvalue weighted by atomic mass is 9.96. The molecular formula is C40H34N4OS. The SMILES string of the molecule is Cc1cccc(C)c1-c1ccnc(-n2c3ccccc3c3ccc(Sc4cccc(N5ON(C(C)C)c6ccccc65)c4)cc32)c1. The molecule has 5 aromatic carbocycles. The van der Waals surface area contributed by atoms with Crippen molar-refractivity contribution in [2.24, 2.45) is 0 Å². The number of nitrogens with zero attached hydrogens (tertiary/aromatic N) is 4. The summed E-state index contributed by atoms with van der Waals surface area (Å²) in [6.45, 7) is 8.63. The molecule has 1 aliphatic heterocycles. The minimum absolute atomic E-state index is 0.207. The largest absolute Gasteiger partial charge is 0.294 e. The second-order valence-electron chi connectivity index (χ2n) is 12.1. The van der Waals surface area contributed by atoms with Crippen molar-refractivity contribution < 1.29 is 4.94 Å². The summed E-state index contributed by atoms with van der Waals surface area (Å²) >= 11 is 1.75. The quantitative estimate of drug-likeness (QED) is 0.185. The molecule has 0 N–H and O–H groups in total. The zero-order valence-electron chi connectivity index (χ0n) is 26.3. The fourth-order valence-corrected chi connectivity index (χ4v) is 7.50. The van der Waals surface area contributed by atoms with Crippen LogP contribution in [0.2, 0.25) is 0 Å². The van der Waals surface area contributed by atoms with E-state index in [9.17, 15) is 0 Å². The van der Waals surface area contributed by atoms with E-state index in [1.165, 1.54) is 33.0 Å². The number of hydrogen-bond donors (Lipinski definition) is 0. The van der Waals surface area contributed by atoms with Crippen LogP contribution in [0, 0.1) is 13.8 Å². The Bertz CT molecular complexity index is 2230. The normalized spacial score (nSPS) is 12.9. The Labute approximate surface area is 273 Å². The smallest absolute Gasteiger partial charge is 0.138 e. The van der Waals surface area contributed by atoms with Crippen molar-refractivity contribution in [2.45, 2.75) is 43.5 Å². The van der Waals surface area contributed by atoms with Crippen LogP contribution in [0.1, 0.15) is 25.0 Å². The fraction of sp³-hybridized carbons (Fsp3) is 0.125. The lowest BCUT2D eigenvalue weighted by molar-refractivity contribution is 0.112. The molecule has 0 radical (unpaired) electrons. The molecule has 0 unspecified atom stereocenters. The van der Waals surface area contributed by atoms with Gasteiger partial charge in [-0.05, 0) is 111 Å². The molecule has 6 heteroatoms. The first-order valence-corrected chi connectivity index (χ1v) is 16.5. The second-order valence-corrected chi connectivity index (χ2v) is 13.2. The molecule has 2 aromatic heterocycles. The highest BCUT2D eigenvalue weighted by Gasteiger charge is 2.30. The molecule has 8 rings (SSSR count). The molecule has 0 fully saturated rings. The number of anilines is 3. The highest BCUT2D eigenvalue weighted by Crippen LogP contribution is 2.44. The number of para-hydroxylation sites is 3. The summed E-state index contributed by atoms with van der Waals surface area (Å²) in [4.78, 5) is 13.5. The van der Waals surface area contributed by atoms with Gasteiger partial charge in [-0.3, -0.25) is 4.57 Å². The van der Waals surface area contributed by atoms with E-state index >= 15 is 0 Å². The summed E-state index contributed by atoms with van der Waals surface area (Å²) in [6, 6.07) is 43.3. The lowest BCUT2D eigenvalue weighted by Gasteiger charge is -2.23. The maximum Gasteiger partial charge on any atom is 0.138 e. The molecule has 0 bridgehead atoms. The average Bonchev–Trinajstić information content (AvgIpc) is 3.61. The third-order valence-electron chi connectivity index (χ3n) is 8.65. The van der Waals surface area contributed by atoms with E-state index < -0.39 is 0 Å². The van der Waals surface area contributed by atoms with Crippen LogP contribution in [0.15, 0.2) is 137 Å². The lowest BCUT2D eigenvalue weighted by Crippen LogP contribution is -2.30. The summed E-state index contributed by atoms with van der Waals surface area (Å²) in [6.07, 6.45) is 1.93. The molecule has 3 heterocycles. The monoisotopic (exact) mass is 618 g/mol. The van der Waals surface area contributed by atoms with Gasteiger partial charge in [0.15, 0.2) is 0 Å². The Morgan fingerprint density at radius 1 is 0.652 bits per heavy atom. The minimum Gasteiger partial charge on any atom is -0.294 e. The predicted molar refractivity (Wildman–Crippen MR) is 191 cm³/mol. The van der Waals surface area contributed by atoms with Crippen molar-refractivity contribution >= 4 is 50.6 Å². The van der Waals surface area contributed by atoms with Crippen molar-refractivity contribution in [2.75, 3.05) is 10.1 Å². The molecule has 0 spiro atoms. The third kappa shape index (κ3) is 4.82. The molecule has 0 atom stereocenters. The number of aromatic nitrogens is 2. The van der Waals surface area contributed by atoms with Crippen LogP contribution in [0.4, 0.5) is 17.1 Å². The standard InChI is InChI=1S/C40H34N4OS/c1-26(2)43-36-17-7-8-18-37(36)44(45-43)30-13-10-14-31(24-30)46-32-19-20-34-33-15-5-6-16-35(33)42(38(34)25-32)39-23-29(21-22-41-39)40-27(3)11-9-12-28(40)4/h5-26H,1-4H3. The fourth-order valence-electron chi connectivity index (χ4n) is 6.59. The van der Waals surface area contributed by atoms with Crippen LogP contribution in [0.5, 0.6) is 0 Å². The van der Waals surface area contributed by atoms with E-state index in [1.807, 2.05) is 16.3 Å². The van der Waals surface area contributed by atoms with Crippen molar-refractivity contribution in [1.82, 2.24) is 9.55 Å². The van der Waals surface area contributed by atoms with Crippen molar-refractivity contribution in [3.8, 4) is 16.9 Å². The molecular weight excluding hydrogens is 585 g/mol. The van der Waals surface area contributed by atoms with E-state index in [2.05, 4.69) is 154 Å². The number of fused-ring (bicyclic) bond motifs is 4. The molecule has 0 saturated heterocycles. The van der Waals surface area contributed by atoms with E-state index in [1.54, 1.807) is 11.8 Å². The molecule has 0 amide bonds. The number of aryl methyl sites for hydroxylation is 2. The Balaban J connectivity index is 1.19. The van der Waals surface area contributed by atoms with E-state index in [4.69, 9.17) is 9.92 Å². The van der Waals surface area contributed by atoms with E-state index in [0.717, 1.165) is 43.7 Å². The van der Waals surface area contributed by atoms with Gasteiger partial charge in [0.1, 0.15) is 5.82 Å². The van der Waals surface area contributed by atoms with Crippen molar-refractivity contribution in [3.63, 3.8) is 0 Å². The third-order valence-corrected chi connectivity index (χ3v) is 9.63. The number of rotatable bonds is 6. The average molecular weight is 619 g/mol. The maximum atomic E-state index is 6.34. The van der Waals surface area contributed by atoms with Gasteiger partial charge in [-0.15, -0.1) is 4.94 Å². The predicted octanol–water partition coefficient (Wildman–Crippen LogP) is 10.8. The zero-order valence-corrected chi connectivity index (χ0v) is 27.1. The summed E-state index contributed by atoms with van der Waals surface area (Å²) in [5.74, 6) is 0.912. The van der Waals surface area contributed by atoms with Gasteiger partial charge in [-0.25, -0.2) is 10.0 Å². The second kappa shape index (κ2) is 11.4. The topological polar surface area (TPSA) is 33.5 Å². The van der Waals surface area contributed by atoms with Gasteiger partial charge in [0, 0.05) is 26.8 Å². The molecule has 0 saturated carbocycles. The molecule has 0 aliphatic carbocycles. The van der Waals surface area contributed by atoms with E-state index in [-0.39, 0.29) is 6.04 Å². The zero-order chi connectivity index (χ0) is 31.4. The van der Waals surface area contributed by atoms with Crippen molar-refractivity contribution in [1.29, 1.82) is 0 Å². The maximum absolute atomic E-state index is 6.34. The molecule has 7 aromatic rings. The summed E-state index contributed by atoms with van der Waals surface area (Å²) in [5.41, 5.74) is 10.4. The molecule has 226 valence electrons. The number of hydrogen-bond acceptors (Lipinski definition) is 5. The Kier molecular flexibility index (Phi) is 7.04. The Morgan fingerprint density at radius 2 is 1.37 bits per heavy atom. The highest BCUT2D eigenvalue weighted by molar-refractivity contribution is 7.99. The summed E-state index contributed by atoms with van der Waals surface area (Å²) in [5, 5.41) is 6.32. The van der Waals surface area contributed by atoms with Crippen LogP contribution in [-0.4, -0.2) is 15.6 Å². The first kappa shape index (κ1) is 28.4. The molecule has 5 nitrogen and oxygen atoms in total. The Hall–Kier alpha value is -5.04. The van der Waals surface area contributed by atoms with E-state index in [0.29, 0.717) is 0 Å². The van der Waals surface area contributed by atoms with Crippen LogP contribution in [0.25, 0.3) is 38.8 Å². The highest BCUT2D eigenvalue weighted by atomic mass is 32.2. The van der Waals surface area contributed by atoms with Gasteiger partial charge in [0.2, 0.25) is 0 Å². The molecule has 1 aliphatic rings. The van der Waals surface area contributed by atoms with Gasteiger partial charge in [-0.2, -0.15) is 5.06 Å². The molecule has 46 heavy (non-hydrogen) atoms. The number of hydroxylamine groups is 1. The van der Waals surface area contributed by atoms with Gasteiger partial charge in [-0.1, -0.05) is 72.4 Å². The van der Waals surface area contributed by atoms with Crippen LogP contribution in [-0.2, 0) is 4.94 Å². The van der Waals surface area contributed by atoms with Crippen LogP contribution in [0.3, 0.4) is 0 Å².